The molecule has 114 valence electrons. The highest BCUT2D eigenvalue weighted by Crippen LogP contribution is 2.36. The predicted octanol–water partition coefficient (Wildman–Crippen LogP) is 5.74. The summed E-state index contributed by atoms with van der Waals surface area (Å²) < 4.78 is 29.1. The Morgan fingerprint density at radius 2 is 1.70 bits per heavy atom. The number of hydrogen-bond donors (Lipinski definition) is 0. The summed E-state index contributed by atoms with van der Waals surface area (Å²) in [5.41, 5.74) is -0.279. The van der Waals surface area contributed by atoms with Crippen molar-refractivity contribution in [2.75, 3.05) is 0 Å². The van der Waals surface area contributed by atoms with Gasteiger partial charge in [-0.15, -0.1) is 11.3 Å². The van der Waals surface area contributed by atoms with Crippen molar-refractivity contribution in [1.29, 1.82) is 0 Å². The van der Waals surface area contributed by atoms with Crippen molar-refractivity contribution < 1.29 is 8.78 Å². The number of thiophene rings is 1. The fraction of sp³-hybridized carbons (Fsp3) is 0.0556. The van der Waals surface area contributed by atoms with E-state index in [0.29, 0.717) is 16.1 Å². The summed E-state index contributed by atoms with van der Waals surface area (Å²) in [5, 5.41) is 2.74. The molecule has 1 nitrogen and oxygen atoms in total. The number of halogens is 3. The molecule has 4 aromatic rings. The summed E-state index contributed by atoms with van der Waals surface area (Å²) in [7, 11) is 0. The Balaban J connectivity index is 2.48. The minimum atomic E-state index is -0.969. The Morgan fingerprint density at radius 1 is 0.957 bits per heavy atom. The molecule has 0 N–H and O–H groups in total. The minimum Gasteiger partial charge on any atom is -0.289 e. The molecule has 4 rings (SSSR count). The van der Waals surface area contributed by atoms with Crippen molar-refractivity contribution in [3.63, 3.8) is 0 Å². The van der Waals surface area contributed by atoms with Crippen molar-refractivity contribution in [2.24, 2.45) is 0 Å². The van der Waals surface area contributed by atoms with Gasteiger partial charge in [0.1, 0.15) is 0 Å². The van der Waals surface area contributed by atoms with Crippen LogP contribution in [0.5, 0.6) is 0 Å². The molecule has 0 radical (unpaired) electrons. The Morgan fingerprint density at radius 3 is 2.43 bits per heavy atom. The van der Waals surface area contributed by atoms with Gasteiger partial charge in [0.2, 0.25) is 0 Å². The smallest absolute Gasteiger partial charge is 0.194 e. The molecular weight excluding hydrogens is 382 g/mol. The number of hydrogen-bond acceptors (Lipinski definition) is 2. The van der Waals surface area contributed by atoms with Gasteiger partial charge in [0.15, 0.2) is 17.1 Å². The molecule has 0 spiro atoms. The molecule has 0 atom stereocenters. The van der Waals surface area contributed by atoms with Crippen molar-refractivity contribution >= 4 is 58.9 Å². The van der Waals surface area contributed by atoms with Gasteiger partial charge in [-0.2, -0.15) is 0 Å². The highest BCUT2D eigenvalue weighted by molar-refractivity contribution is 9.08. The Kier molecular flexibility index (Phi) is 3.43. The van der Waals surface area contributed by atoms with Crippen molar-refractivity contribution in [1.82, 2.24) is 0 Å². The van der Waals surface area contributed by atoms with Crippen LogP contribution >= 0.6 is 27.3 Å². The maximum absolute atomic E-state index is 14.5. The molecular formula is C18H9BrF2OS. The molecule has 0 unspecified atom stereocenters. The van der Waals surface area contributed by atoms with Crippen LogP contribution in [0.25, 0.3) is 31.6 Å². The molecule has 0 amide bonds. The molecule has 23 heavy (non-hydrogen) atoms. The van der Waals surface area contributed by atoms with E-state index in [-0.39, 0.29) is 16.2 Å². The lowest BCUT2D eigenvalue weighted by Gasteiger charge is -1.97. The second kappa shape index (κ2) is 5.35. The number of fused-ring (bicyclic) bond motifs is 5. The molecule has 0 aliphatic rings. The molecule has 1 heterocycles. The zero-order chi connectivity index (χ0) is 16.1. The van der Waals surface area contributed by atoms with Crippen LogP contribution in [0.3, 0.4) is 0 Å². The molecule has 0 fully saturated rings. The van der Waals surface area contributed by atoms with Crippen LogP contribution in [-0.2, 0) is 5.33 Å². The van der Waals surface area contributed by atoms with E-state index in [9.17, 15) is 13.6 Å². The SMILES string of the molecule is O=c1c2ccccc2c2sc(CBr)cc2c2c(F)c(F)ccc12. The van der Waals surface area contributed by atoms with Crippen LogP contribution in [0.4, 0.5) is 8.78 Å². The second-order valence-corrected chi connectivity index (χ2v) is 6.95. The first-order valence-corrected chi connectivity index (χ1v) is 8.86. The first kappa shape index (κ1) is 14.7. The normalized spacial score (nSPS) is 11.6. The van der Waals surface area contributed by atoms with Crippen LogP contribution in [0.1, 0.15) is 4.88 Å². The fourth-order valence-corrected chi connectivity index (χ4v) is 4.48. The van der Waals surface area contributed by atoms with Crippen LogP contribution in [-0.4, -0.2) is 0 Å². The van der Waals surface area contributed by atoms with Gasteiger partial charge in [0, 0.05) is 41.8 Å². The third kappa shape index (κ3) is 2.11. The van der Waals surface area contributed by atoms with Gasteiger partial charge in [-0.25, -0.2) is 8.78 Å². The zero-order valence-corrected chi connectivity index (χ0v) is 14.1. The van der Waals surface area contributed by atoms with Gasteiger partial charge in [0.25, 0.3) is 0 Å². The lowest BCUT2D eigenvalue weighted by molar-refractivity contribution is 0.517. The van der Waals surface area contributed by atoms with Crippen molar-refractivity contribution in [2.45, 2.75) is 5.33 Å². The van der Waals surface area contributed by atoms with E-state index in [1.807, 2.05) is 18.2 Å². The largest absolute Gasteiger partial charge is 0.289 e. The molecule has 5 heteroatoms. The van der Waals surface area contributed by atoms with Gasteiger partial charge in [-0.05, 0) is 18.2 Å². The summed E-state index contributed by atoms with van der Waals surface area (Å²) in [6.07, 6.45) is 0. The third-order valence-corrected chi connectivity index (χ3v) is 6.08. The van der Waals surface area contributed by atoms with Crippen LogP contribution in [0.15, 0.2) is 47.3 Å². The summed E-state index contributed by atoms with van der Waals surface area (Å²) in [5.74, 6) is -1.91. The number of alkyl halides is 1. The predicted molar refractivity (Wildman–Crippen MR) is 95.7 cm³/mol. The molecule has 0 saturated carbocycles. The van der Waals surface area contributed by atoms with Gasteiger partial charge in [0.05, 0.1) is 0 Å². The van der Waals surface area contributed by atoms with E-state index < -0.39 is 11.6 Å². The van der Waals surface area contributed by atoms with Crippen molar-refractivity contribution in [3.05, 3.63) is 69.2 Å². The van der Waals surface area contributed by atoms with Gasteiger partial charge >= 0.3 is 0 Å². The summed E-state index contributed by atoms with van der Waals surface area (Å²) in [6, 6.07) is 11.4. The Bertz CT molecular complexity index is 1150. The van der Waals surface area contributed by atoms with Gasteiger partial charge in [-0.3, -0.25) is 4.79 Å². The quantitative estimate of drug-likeness (QED) is 0.378. The first-order chi connectivity index (χ1) is 11.1. The lowest BCUT2D eigenvalue weighted by Crippen LogP contribution is -2.00. The zero-order valence-electron chi connectivity index (χ0n) is 11.7. The minimum absolute atomic E-state index is 0.0599. The lowest BCUT2D eigenvalue weighted by atomic mass is 10.1. The van der Waals surface area contributed by atoms with Crippen LogP contribution < -0.4 is 5.43 Å². The molecule has 0 aliphatic carbocycles. The average molecular weight is 391 g/mol. The second-order valence-electron chi connectivity index (χ2n) is 5.25. The van der Waals surface area contributed by atoms with Crippen LogP contribution in [0, 0.1) is 11.6 Å². The summed E-state index contributed by atoms with van der Waals surface area (Å²) >= 11 is 4.89. The van der Waals surface area contributed by atoms with E-state index in [0.717, 1.165) is 21.0 Å². The topological polar surface area (TPSA) is 17.1 Å². The maximum Gasteiger partial charge on any atom is 0.194 e. The maximum atomic E-state index is 14.5. The molecule has 0 bridgehead atoms. The molecule has 0 aliphatic heterocycles. The third-order valence-electron chi connectivity index (χ3n) is 3.94. The Hall–Kier alpha value is -1.85. The molecule has 0 saturated heterocycles. The van der Waals surface area contributed by atoms with Crippen molar-refractivity contribution in [3.8, 4) is 0 Å². The first-order valence-electron chi connectivity index (χ1n) is 6.93. The van der Waals surface area contributed by atoms with Gasteiger partial charge in [-0.1, -0.05) is 40.2 Å². The highest BCUT2D eigenvalue weighted by Gasteiger charge is 2.16. The monoisotopic (exact) mass is 390 g/mol. The van der Waals surface area contributed by atoms with Crippen LogP contribution in [0.2, 0.25) is 0 Å². The summed E-state index contributed by atoms with van der Waals surface area (Å²) in [6.45, 7) is 0. The average Bonchev–Trinajstić information content (AvgIpc) is 2.96. The molecule has 3 aromatic carbocycles. The number of benzene rings is 2. The van der Waals surface area contributed by atoms with E-state index in [2.05, 4.69) is 15.9 Å². The standard InChI is InChI=1S/C18H9BrF2OS/c19-8-9-7-13-15-12(5-6-14(20)16(15)21)17(22)10-3-1-2-4-11(10)18(13)23-9/h1-7H,8H2. The summed E-state index contributed by atoms with van der Waals surface area (Å²) in [4.78, 5) is 13.8. The molecule has 1 aromatic heterocycles. The van der Waals surface area contributed by atoms with E-state index in [1.165, 1.54) is 17.4 Å². The van der Waals surface area contributed by atoms with E-state index >= 15 is 0 Å². The van der Waals surface area contributed by atoms with Gasteiger partial charge < -0.3 is 0 Å². The number of rotatable bonds is 1. The Labute approximate surface area is 142 Å². The van der Waals surface area contributed by atoms with E-state index in [4.69, 9.17) is 0 Å². The van der Waals surface area contributed by atoms with E-state index in [1.54, 1.807) is 12.1 Å². The highest BCUT2D eigenvalue weighted by atomic mass is 79.9. The fourth-order valence-electron chi connectivity index (χ4n) is 2.92.